The van der Waals surface area contributed by atoms with Crippen LogP contribution in [-0.4, -0.2) is 26.5 Å². The lowest BCUT2D eigenvalue weighted by Gasteiger charge is -2.08. The van der Waals surface area contributed by atoms with Crippen LogP contribution in [0, 0.1) is 0 Å². The third-order valence-corrected chi connectivity index (χ3v) is 4.92. The number of nitrogens with one attached hydrogen (secondary N) is 1. The van der Waals surface area contributed by atoms with Gasteiger partial charge < -0.3 is 10.4 Å². The topological polar surface area (TPSA) is 101 Å². The Morgan fingerprint density at radius 1 is 1.17 bits per heavy atom. The van der Waals surface area contributed by atoms with Crippen molar-refractivity contribution in [2.75, 3.05) is 5.32 Å². The molecular weight excluding hydrogens is 406 g/mol. The van der Waals surface area contributed by atoms with Crippen LogP contribution in [0.5, 0.6) is 0 Å². The van der Waals surface area contributed by atoms with Crippen LogP contribution in [0.25, 0.3) is 22.6 Å². The number of carboxylic acid groups (broad SMARTS) is 1. The van der Waals surface area contributed by atoms with Gasteiger partial charge in [0, 0.05) is 29.4 Å². The molecule has 1 aliphatic heterocycles. The zero-order chi connectivity index (χ0) is 21.3. The molecule has 2 N–H and O–H groups in total. The molecular formula is C22H16ClN3O4. The van der Waals surface area contributed by atoms with Crippen LogP contribution < -0.4 is 10.9 Å². The van der Waals surface area contributed by atoms with Crippen LogP contribution >= 0.6 is 11.6 Å². The van der Waals surface area contributed by atoms with Crippen LogP contribution in [0.15, 0.2) is 59.4 Å². The van der Waals surface area contributed by atoms with Crippen molar-refractivity contribution in [2.24, 2.45) is 0 Å². The van der Waals surface area contributed by atoms with Crippen LogP contribution in [0.1, 0.15) is 17.8 Å². The maximum Gasteiger partial charge on any atom is 0.328 e. The molecule has 30 heavy (non-hydrogen) atoms. The zero-order valence-corrected chi connectivity index (χ0v) is 16.4. The molecule has 1 amide bonds. The SMILES string of the molecule is O=C(O)/C=C\C(=O)Nc1ccc2c(=O)n3c(nc2c1)C(=Cc1cccc(Cl)c1)CC3. The van der Waals surface area contributed by atoms with Gasteiger partial charge >= 0.3 is 5.97 Å². The molecule has 3 aromatic rings. The molecule has 0 fully saturated rings. The number of anilines is 1. The summed E-state index contributed by atoms with van der Waals surface area (Å²) in [5, 5.41) is 12.3. The molecule has 0 spiro atoms. The fraction of sp³-hybridized carbons (Fsp3) is 0.0909. The Bertz CT molecular complexity index is 1310. The Kier molecular flexibility index (Phi) is 5.20. The molecule has 0 atom stereocenters. The van der Waals surface area contributed by atoms with Gasteiger partial charge in [-0.25, -0.2) is 9.78 Å². The van der Waals surface area contributed by atoms with Crippen molar-refractivity contribution in [3.8, 4) is 0 Å². The normalized spacial score (nSPS) is 14.4. The van der Waals surface area contributed by atoms with Gasteiger partial charge in [-0.3, -0.25) is 14.2 Å². The lowest BCUT2D eigenvalue weighted by atomic mass is 10.1. The van der Waals surface area contributed by atoms with Gasteiger partial charge in [-0.1, -0.05) is 23.7 Å². The number of hydrogen-bond acceptors (Lipinski definition) is 4. The number of benzene rings is 2. The Balaban J connectivity index is 1.72. The van der Waals surface area contributed by atoms with Gasteiger partial charge in [-0.15, -0.1) is 0 Å². The summed E-state index contributed by atoms with van der Waals surface area (Å²) in [6.07, 6.45) is 4.31. The summed E-state index contributed by atoms with van der Waals surface area (Å²) in [6, 6.07) is 12.2. The van der Waals surface area contributed by atoms with Crippen molar-refractivity contribution in [2.45, 2.75) is 13.0 Å². The molecule has 2 aromatic carbocycles. The zero-order valence-electron chi connectivity index (χ0n) is 15.6. The molecule has 150 valence electrons. The average Bonchev–Trinajstić information content (AvgIpc) is 3.09. The number of halogens is 1. The number of aromatic nitrogens is 2. The average molecular weight is 422 g/mol. The van der Waals surface area contributed by atoms with Gasteiger partial charge in [0.25, 0.3) is 5.56 Å². The summed E-state index contributed by atoms with van der Waals surface area (Å²) in [4.78, 5) is 39.9. The van der Waals surface area contributed by atoms with E-state index in [0.29, 0.717) is 40.4 Å². The fourth-order valence-electron chi connectivity index (χ4n) is 3.36. The van der Waals surface area contributed by atoms with Crippen molar-refractivity contribution in [3.05, 3.63) is 81.4 Å². The molecule has 2 heterocycles. The highest BCUT2D eigenvalue weighted by Crippen LogP contribution is 2.28. The first-order chi connectivity index (χ1) is 14.4. The van der Waals surface area contributed by atoms with Crippen molar-refractivity contribution in [1.29, 1.82) is 0 Å². The van der Waals surface area contributed by atoms with E-state index in [0.717, 1.165) is 23.3 Å². The first kappa shape index (κ1) is 19.6. The molecule has 0 unspecified atom stereocenters. The third-order valence-electron chi connectivity index (χ3n) is 4.68. The molecule has 0 aliphatic carbocycles. The first-order valence-corrected chi connectivity index (χ1v) is 9.51. The number of rotatable bonds is 4. The predicted octanol–water partition coefficient (Wildman–Crippen LogP) is 3.57. The molecule has 1 aromatic heterocycles. The highest BCUT2D eigenvalue weighted by Gasteiger charge is 2.21. The van der Waals surface area contributed by atoms with E-state index in [9.17, 15) is 14.4 Å². The minimum atomic E-state index is -1.21. The van der Waals surface area contributed by atoms with Crippen molar-refractivity contribution >= 4 is 51.7 Å². The number of fused-ring (bicyclic) bond motifs is 2. The molecule has 8 heteroatoms. The summed E-state index contributed by atoms with van der Waals surface area (Å²) in [5.41, 5.74) is 2.57. The summed E-state index contributed by atoms with van der Waals surface area (Å²) in [6.45, 7) is 0.544. The van der Waals surface area contributed by atoms with E-state index in [1.54, 1.807) is 28.8 Å². The van der Waals surface area contributed by atoms with Gasteiger partial charge in [0.1, 0.15) is 5.82 Å². The molecule has 7 nitrogen and oxygen atoms in total. The molecule has 0 radical (unpaired) electrons. The minimum Gasteiger partial charge on any atom is -0.478 e. The van der Waals surface area contributed by atoms with Crippen molar-refractivity contribution < 1.29 is 14.7 Å². The van der Waals surface area contributed by atoms with Crippen molar-refractivity contribution in [1.82, 2.24) is 9.55 Å². The minimum absolute atomic E-state index is 0.145. The Morgan fingerprint density at radius 2 is 2.00 bits per heavy atom. The Hall–Kier alpha value is -3.71. The quantitative estimate of drug-likeness (QED) is 0.627. The fourth-order valence-corrected chi connectivity index (χ4v) is 3.56. The van der Waals surface area contributed by atoms with E-state index in [2.05, 4.69) is 10.3 Å². The second-order valence-electron chi connectivity index (χ2n) is 6.76. The number of allylic oxidation sites excluding steroid dienone is 1. The maximum atomic E-state index is 12.9. The van der Waals surface area contributed by atoms with Gasteiger partial charge in [-0.2, -0.15) is 0 Å². The summed E-state index contributed by atoms with van der Waals surface area (Å²) in [7, 11) is 0. The van der Waals surface area contributed by atoms with Crippen LogP contribution in [0.2, 0.25) is 5.02 Å². The second-order valence-corrected chi connectivity index (χ2v) is 7.20. The summed E-state index contributed by atoms with van der Waals surface area (Å²) in [5.74, 6) is -1.22. The van der Waals surface area contributed by atoms with Crippen LogP contribution in [-0.2, 0) is 16.1 Å². The Morgan fingerprint density at radius 3 is 2.77 bits per heavy atom. The molecule has 0 saturated carbocycles. The predicted molar refractivity (Wildman–Crippen MR) is 115 cm³/mol. The largest absolute Gasteiger partial charge is 0.478 e. The molecule has 0 saturated heterocycles. The maximum absolute atomic E-state index is 12.9. The van der Waals surface area contributed by atoms with E-state index in [1.807, 2.05) is 24.3 Å². The van der Waals surface area contributed by atoms with E-state index in [4.69, 9.17) is 16.7 Å². The summed E-state index contributed by atoms with van der Waals surface area (Å²) >= 11 is 6.06. The van der Waals surface area contributed by atoms with Crippen LogP contribution in [0.4, 0.5) is 5.69 Å². The number of amides is 1. The smallest absolute Gasteiger partial charge is 0.328 e. The van der Waals surface area contributed by atoms with Crippen molar-refractivity contribution in [3.63, 3.8) is 0 Å². The second kappa shape index (κ2) is 7.96. The van der Waals surface area contributed by atoms with Gasteiger partial charge in [0.05, 0.1) is 10.9 Å². The molecule has 4 rings (SSSR count). The van der Waals surface area contributed by atoms with Gasteiger partial charge in [0.2, 0.25) is 5.91 Å². The number of carbonyl (C=O) groups excluding carboxylic acids is 1. The van der Waals surface area contributed by atoms with E-state index >= 15 is 0 Å². The summed E-state index contributed by atoms with van der Waals surface area (Å²) < 4.78 is 1.65. The lowest BCUT2D eigenvalue weighted by Crippen LogP contribution is -2.21. The number of nitrogens with zero attached hydrogens (tertiary/aromatic N) is 2. The number of aliphatic carboxylic acids is 1. The van der Waals surface area contributed by atoms with E-state index < -0.39 is 11.9 Å². The third kappa shape index (κ3) is 4.01. The Labute approximate surface area is 175 Å². The van der Waals surface area contributed by atoms with E-state index in [1.165, 1.54) is 0 Å². The van der Waals surface area contributed by atoms with Gasteiger partial charge in [0.15, 0.2) is 0 Å². The highest BCUT2D eigenvalue weighted by atomic mass is 35.5. The molecule has 0 bridgehead atoms. The number of carboxylic acids is 1. The first-order valence-electron chi connectivity index (χ1n) is 9.14. The number of carbonyl (C=O) groups is 2. The highest BCUT2D eigenvalue weighted by molar-refractivity contribution is 6.30. The standard InChI is InChI=1S/C22H16ClN3O4/c23-15-3-1-2-13(11-15)10-14-8-9-26-21(14)25-18-12-16(4-5-17(18)22(26)30)24-19(27)6-7-20(28)29/h1-7,10-12H,8-9H2,(H,24,27)(H,28,29)/b7-6-,14-10?. The van der Waals surface area contributed by atoms with Gasteiger partial charge in [-0.05, 0) is 54.0 Å². The molecule has 1 aliphatic rings. The van der Waals surface area contributed by atoms with E-state index in [-0.39, 0.29) is 5.56 Å². The monoisotopic (exact) mass is 421 g/mol. The van der Waals surface area contributed by atoms with Crippen LogP contribution in [0.3, 0.4) is 0 Å². The lowest BCUT2D eigenvalue weighted by molar-refractivity contribution is -0.131. The number of hydrogen-bond donors (Lipinski definition) is 2.